The Bertz CT molecular complexity index is 771. The van der Waals surface area contributed by atoms with E-state index in [0.717, 1.165) is 62.0 Å². The van der Waals surface area contributed by atoms with Gasteiger partial charge in [0.2, 0.25) is 0 Å². The molecule has 27 heavy (non-hydrogen) atoms. The van der Waals surface area contributed by atoms with Gasteiger partial charge in [0.05, 0.1) is 6.61 Å². The number of rotatable bonds is 5. The number of hydrogen-bond acceptors (Lipinski definition) is 6. The molecule has 1 atom stereocenters. The van der Waals surface area contributed by atoms with Crippen LogP contribution in [0.1, 0.15) is 23.8 Å². The van der Waals surface area contributed by atoms with Crippen molar-refractivity contribution < 1.29 is 9.53 Å². The molecule has 1 aromatic carbocycles. The van der Waals surface area contributed by atoms with E-state index in [0.29, 0.717) is 18.3 Å². The van der Waals surface area contributed by atoms with Crippen molar-refractivity contribution >= 4 is 17.2 Å². The normalized spacial score (nSPS) is 20.8. The fraction of sp³-hybridized carbons (Fsp3) is 0.500. The Kier molecular flexibility index (Phi) is 5.71. The minimum absolute atomic E-state index is 0.0565. The summed E-state index contributed by atoms with van der Waals surface area (Å²) < 4.78 is 5.48. The van der Waals surface area contributed by atoms with Crippen molar-refractivity contribution in [1.82, 2.24) is 20.1 Å². The fourth-order valence-electron chi connectivity index (χ4n) is 3.80. The fourth-order valence-corrected chi connectivity index (χ4v) is 4.60. The molecule has 2 aliphatic heterocycles. The van der Waals surface area contributed by atoms with E-state index in [1.807, 2.05) is 41.5 Å². The Morgan fingerprint density at radius 1 is 1.26 bits per heavy atom. The van der Waals surface area contributed by atoms with Crippen LogP contribution in [-0.4, -0.2) is 72.6 Å². The van der Waals surface area contributed by atoms with E-state index in [9.17, 15) is 4.79 Å². The first-order valence-corrected chi connectivity index (χ1v) is 10.6. The number of amides is 1. The highest BCUT2D eigenvalue weighted by Crippen LogP contribution is 2.27. The van der Waals surface area contributed by atoms with Crippen LogP contribution < -0.4 is 10.1 Å². The molecule has 1 N–H and O–H groups in total. The van der Waals surface area contributed by atoms with E-state index in [2.05, 4.69) is 15.2 Å². The Labute approximate surface area is 164 Å². The van der Waals surface area contributed by atoms with Gasteiger partial charge in [0.1, 0.15) is 16.5 Å². The van der Waals surface area contributed by atoms with Gasteiger partial charge >= 0.3 is 0 Å². The molecular weight excluding hydrogens is 360 g/mol. The van der Waals surface area contributed by atoms with Crippen LogP contribution in [-0.2, 0) is 0 Å². The third kappa shape index (κ3) is 4.15. The SMILES string of the molecule is CCOc1ccc(-c2nc(C(=O)N3CCC(N4CCNCC4)C3)cs2)cc1. The van der Waals surface area contributed by atoms with E-state index < -0.39 is 0 Å². The van der Waals surface area contributed by atoms with Crippen LogP contribution in [0.3, 0.4) is 0 Å². The minimum atomic E-state index is 0.0565. The summed E-state index contributed by atoms with van der Waals surface area (Å²) in [5.74, 6) is 0.909. The topological polar surface area (TPSA) is 57.7 Å². The number of ether oxygens (including phenoxy) is 1. The third-order valence-electron chi connectivity index (χ3n) is 5.25. The average molecular weight is 387 g/mol. The van der Waals surface area contributed by atoms with Gasteiger partial charge < -0.3 is 15.0 Å². The number of nitrogens with one attached hydrogen (secondary N) is 1. The molecule has 7 heteroatoms. The maximum Gasteiger partial charge on any atom is 0.273 e. The van der Waals surface area contributed by atoms with Gasteiger partial charge in [-0.25, -0.2) is 4.98 Å². The van der Waals surface area contributed by atoms with Crippen LogP contribution in [0.4, 0.5) is 0 Å². The Balaban J connectivity index is 1.40. The highest BCUT2D eigenvalue weighted by Gasteiger charge is 2.32. The molecule has 6 nitrogen and oxygen atoms in total. The molecule has 144 valence electrons. The van der Waals surface area contributed by atoms with Crippen LogP contribution in [0.25, 0.3) is 10.6 Å². The van der Waals surface area contributed by atoms with Crippen molar-refractivity contribution in [2.75, 3.05) is 45.9 Å². The van der Waals surface area contributed by atoms with Gasteiger partial charge in [-0.05, 0) is 37.6 Å². The molecule has 1 aromatic heterocycles. The monoisotopic (exact) mass is 386 g/mol. The third-order valence-corrected chi connectivity index (χ3v) is 6.15. The smallest absolute Gasteiger partial charge is 0.273 e. The number of piperazine rings is 1. The maximum absolute atomic E-state index is 12.9. The summed E-state index contributed by atoms with van der Waals surface area (Å²) in [6, 6.07) is 8.36. The second-order valence-corrected chi connectivity index (χ2v) is 7.83. The van der Waals surface area contributed by atoms with Crippen LogP contribution >= 0.6 is 11.3 Å². The first-order chi connectivity index (χ1) is 13.2. The summed E-state index contributed by atoms with van der Waals surface area (Å²) in [7, 11) is 0. The van der Waals surface area contributed by atoms with Crippen LogP contribution in [0, 0.1) is 0 Å². The van der Waals surface area contributed by atoms with E-state index in [4.69, 9.17) is 4.74 Å². The molecule has 1 amide bonds. The molecule has 2 fully saturated rings. The van der Waals surface area contributed by atoms with Gasteiger partial charge in [-0.15, -0.1) is 11.3 Å². The van der Waals surface area contributed by atoms with Gasteiger partial charge in [0, 0.05) is 56.3 Å². The van der Waals surface area contributed by atoms with Gasteiger partial charge in [-0.2, -0.15) is 0 Å². The van der Waals surface area contributed by atoms with Crippen molar-refractivity contribution in [1.29, 1.82) is 0 Å². The molecule has 0 saturated carbocycles. The van der Waals surface area contributed by atoms with Crippen molar-refractivity contribution in [3.05, 3.63) is 35.3 Å². The Morgan fingerprint density at radius 2 is 2.04 bits per heavy atom. The second-order valence-electron chi connectivity index (χ2n) is 6.97. The van der Waals surface area contributed by atoms with Gasteiger partial charge in [0.25, 0.3) is 5.91 Å². The number of aromatic nitrogens is 1. The highest BCUT2D eigenvalue weighted by atomic mass is 32.1. The first kappa shape index (κ1) is 18.4. The van der Waals surface area contributed by atoms with Crippen molar-refractivity contribution in [3.63, 3.8) is 0 Å². The number of benzene rings is 1. The molecule has 1 unspecified atom stereocenters. The lowest BCUT2D eigenvalue weighted by Crippen LogP contribution is -2.49. The number of likely N-dealkylation sites (tertiary alicyclic amines) is 1. The minimum Gasteiger partial charge on any atom is -0.494 e. The zero-order chi connectivity index (χ0) is 18.6. The molecule has 4 rings (SSSR count). The second kappa shape index (κ2) is 8.37. The molecule has 2 aliphatic rings. The Morgan fingerprint density at radius 3 is 2.78 bits per heavy atom. The van der Waals surface area contributed by atoms with Crippen LogP contribution in [0.5, 0.6) is 5.75 Å². The van der Waals surface area contributed by atoms with E-state index in [1.54, 1.807) is 0 Å². The maximum atomic E-state index is 12.9. The largest absolute Gasteiger partial charge is 0.494 e. The highest BCUT2D eigenvalue weighted by molar-refractivity contribution is 7.13. The zero-order valence-corrected chi connectivity index (χ0v) is 16.5. The molecular formula is C20H26N4O2S. The molecule has 0 aliphatic carbocycles. The lowest BCUT2D eigenvalue weighted by molar-refractivity contribution is 0.0768. The van der Waals surface area contributed by atoms with Gasteiger partial charge in [-0.3, -0.25) is 9.69 Å². The van der Waals surface area contributed by atoms with Crippen molar-refractivity contribution in [2.24, 2.45) is 0 Å². The molecule has 2 aromatic rings. The summed E-state index contributed by atoms with van der Waals surface area (Å²) >= 11 is 1.52. The molecule has 0 spiro atoms. The summed E-state index contributed by atoms with van der Waals surface area (Å²) in [5, 5.41) is 6.14. The van der Waals surface area contributed by atoms with Crippen molar-refractivity contribution in [3.8, 4) is 16.3 Å². The standard InChI is InChI=1S/C20H26N4O2S/c1-2-26-17-5-3-15(4-6-17)19-22-18(14-27-19)20(25)24-10-7-16(13-24)23-11-8-21-9-12-23/h3-6,14,16,21H,2,7-13H2,1H3. The number of carbonyl (C=O) groups excluding carboxylic acids is 1. The number of thiazole rings is 1. The van der Waals surface area contributed by atoms with Crippen LogP contribution in [0.2, 0.25) is 0 Å². The first-order valence-electron chi connectivity index (χ1n) is 9.67. The predicted molar refractivity (Wildman–Crippen MR) is 107 cm³/mol. The summed E-state index contributed by atoms with van der Waals surface area (Å²) in [4.78, 5) is 22.0. The lowest BCUT2D eigenvalue weighted by atomic mass is 10.2. The molecule has 0 bridgehead atoms. The Hall–Kier alpha value is -1.96. The molecule has 2 saturated heterocycles. The predicted octanol–water partition coefficient (Wildman–Crippen LogP) is 2.33. The zero-order valence-electron chi connectivity index (χ0n) is 15.7. The number of carbonyl (C=O) groups is 1. The van der Waals surface area contributed by atoms with E-state index in [-0.39, 0.29) is 5.91 Å². The summed E-state index contributed by atoms with van der Waals surface area (Å²) in [6.45, 7) is 8.50. The lowest BCUT2D eigenvalue weighted by Gasteiger charge is -2.32. The van der Waals surface area contributed by atoms with Crippen molar-refractivity contribution in [2.45, 2.75) is 19.4 Å². The van der Waals surface area contributed by atoms with E-state index in [1.165, 1.54) is 11.3 Å². The van der Waals surface area contributed by atoms with Gasteiger partial charge in [0.15, 0.2) is 0 Å². The summed E-state index contributed by atoms with van der Waals surface area (Å²) in [5.41, 5.74) is 1.58. The molecule has 0 radical (unpaired) electrons. The molecule has 3 heterocycles. The average Bonchev–Trinajstić information content (AvgIpc) is 3.39. The summed E-state index contributed by atoms with van der Waals surface area (Å²) in [6.07, 6.45) is 1.06. The van der Waals surface area contributed by atoms with Gasteiger partial charge in [-0.1, -0.05) is 0 Å². The number of nitrogens with zero attached hydrogens (tertiary/aromatic N) is 3. The van der Waals surface area contributed by atoms with Crippen LogP contribution in [0.15, 0.2) is 29.6 Å². The van der Waals surface area contributed by atoms with E-state index >= 15 is 0 Å². The number of hydrogen-bond donors (Lipinski definition) is 1. The quantitative estimate of drug-likeness (QED) is 0.855.